The first-order chi connectivity index (χ1) is 11.2. The van der Waals surface area contributed by atoms with E-state index in [-0.39, 0.29) is 6.42 Å². The third kappa shape index (κ3) is 3.74. The van der Waals surface area contributed by atoms with E-state index in [0.29, 0.717) is 24.8 Å². The summed E-state index contributed by atoms with van der Waals surface area (Å²) in [6.45, 7) is -0.475. The molecule has 5 nitrogen and oxygen atoms in total. The summed E-state index contributed by atoms with van der Waals surface area (Å²) in [6.07, 6.45) is -2.20. The molecule has 2 aliphatic carbocycles. The van der Waals surface area contributed by atoms with Gasteiger partial charge in [0.1, 0.15) is 6.54 Å². The molecule has 1 fully saturated rings. The van der Waals surface area contributed by atoms with Crippen molar-refractivity contribution in [1.82, 2.24) is 4.90 Å². The van der Waals surface area contributed by atoms with Crippen molar-refractivity contribution in [2.75, 3.05) is 20.7 Å². The standard InChI is InChI=1S/C16H22F3NO4/c1-20(8-13(21)22)15(23)11-5-3-4-10-9(11)6-7-12(24-2)14(10)16(17,18)19/h5,9-10,12,14H,3-4,6-8H2,1-2H3,(H,21,22). The maximum absolute atomic E-state index is 13.5. The average Bonchev–Trinajstić information content (AvgIpc) is 2.50. The molecule has 1 N–H and O–H groups in total. The molecule has 136 valence electrons. The van der Waals surface area contributed by atoms with Crippen molar-refractivity contribution in [2.24, 2.45) is 17.8 Å². The molecule has 8 heteroatoms. The Morgan fingerprint density at radius 1 is 1.33 bits per heavy atom. The van der Waals surface area contributed by atoms with Gasteiger partial charge in [-0.05, 0) is 37.5 Å². The number of aliphatic carboxylic acids is 1. The van der Waals surface area contributed by atoms with E-state index >= 15 is 0 Å². The third-order valence-electron chi connectivity index (χ3n) is 5.05. The van der Waals surface area contributed by atoms with E-state index in [4.69, 9.17) is 9.84 Å². The van der Waals surface area contributed by atoms with Gasteiger partial charge in [0.2, 0.25) is 5.91 Å². The smallest absolute Gasteiger partial charge is 0.394 e. The molecule has 1 amide bonds. The van der Waals surface area contributed by atoms with Crippen LogP contribution in [-0.2, 0) is 14.3 Å². The number of carbonyl (C=O) groups excluding carboxylic acids is 1. The predicted octanol–water partition coefficient (Wildman–Crippen LogP) is 2.47. The lowest BCUT2D eigenvalue weighted by molar-refractivity contribution is -0.234. The van der Waals surface area contributed by atoms with Crippen molar-refractivity contribution in [3.63, 3.8) is 0 Å². The minimum absolute atomic E-state index is 0.231. The molecule has 0 aromatic rings. The summed E-state index contributed by atoms with van der Waals surface area (Å²) in [7, 11) is 2.64. The minimum Gasteiger partial charge on any atom is -0.480 e. The maximum atomic E-state index is 13.5. The summed E-state index contributed by atoms with van der Waals surface area (Å²) in [5.41, 5.74) is 0.318. The highest BCUT2D eigenvalue weighted by Gasteiger charge is 2.55. The number of methoxy groups -OCH3 is 1. The van der Waals surface area contributed by atoms with Crippen molar-refractivity contribution in [2.45, 2.75) is 38.0 Å². The van der Waals surface area contributed by atoms with Gasteiger partial charge in [-0.1, -0.05) is 6.08 Å². The van der Waals surface area contributed by atoms with Crippen molar-refractivity contribution in [1.29, 1.82) is 0 Å². The zero-order valence-corrected chi connectivity index (χ0v) is 13.7. The minimum atomic E-state index is -4.39. The van der Waals surface area contributed by atoms with Gasteiger partial charge >= 0.3 is 12.1 Å². The molecule has 0 radical (unpaired) electrons. The fourth-order valence-corrected chi connectivity index (χ4v) is 4.07. The number of ether oxygens (including phenoxy) is 1. The number of halogens is 3. The molecule has 0 aromatic heterocycles. The average molecular weight is 349 g/mol. The Labute approximate surface area is 138 Å². The number of carboxylic acids is 1. The lowest BCUT2D eigenvalue weighted by Crippen LogP contribution is -2.49. The van der Waals surface area contributed by atoms with E-state index in [1.54, 1.807) is 6.08 Å². The zero-order valence-electron chi connectivity index (χ0n) is 13.7. The molecule has 0 aromatic carbocycles. The summed E-state index contributed by atoms with van der Waals surface area (Å²) in [5.74, 6) is -4.45. The third-order valence-corrected chi connectivity index (χ3v) is 5.05. The highest BCUT2D eigenvalue weighted by Crippen LogP contribution is 2.51. The SMILES string of the molecule is COC1CCC2C(C(=O)N(C)CC(=O)O)=CCCC2C1C(F)(F)F. The summed E-state index contributed by atoms with van der Waals surface area (Å²) >= 11 is 0. The number of amides is 1. The number of alkyl halides is 3. The fraction of sp³-hybridized carbons (Fsp3) is 0.750. The Morgan fingerprint density at radius 3 is 2.54 bits per heavy atom. The van der Waals surface area contributed by atoms with Crippen LogP contribution in [0.1, 0.15) is 25.7 Å². The molecule has 0 aliphatic heterocycles. The van der Waals surface area contributed by atoms with E-state index in [1.807, 2.05) is 0 Å². The van der Waals surface area contributed by atoms with Gasteiger partial charge in [0.25, 0.3) is 0 Å². The maximum Gasteiger partial charge on any atom is 0.394 e. The monoisotopic (exact) mass is 349 g/mol. The van der Waals surface area contributed by atoms with Crippen LogP contribution < -0.4 is 0 Å². The Morgan fingerprint density at radius 2 is 2.00 bits per heavy atom. The molecule has 0 spiro atoms. The molecule has 0 heterocycles. The van der Waals surface area contributed by atoms with Gasteiger partial charge in [0, 0.05) is 19.7 Å². The van der Waals surface area contributed by atoms with Gasteiger partial charge in [-0.25, -0.2) is 0 Å². The zero-order chi connectivity index (χ0) is 18.1. The largest absolute Gasteiger partial charge is 0.480 e. The first-order valence-corrected chi connectivity index (χ1v) is 7.93. The number of allylic oxidation sites excluding steroid dienone is 1. The van der Waals surface area contributed by atoms with Crippen molar-refractivity contribution in [3.05, 3.63) is 11.6 Å². The summed E-state index contributed by atoms with van der Waals surface area (Å²) < 4.78 is 45.7. The van der Waals surface area contributed by atoms with Crippen LogP contribution in [0.5, 0.6) is 0 Å². The second-order valence-corrected chi connectivity index (χ2v) is 6.48. The van der Waals surface area contributed by atoms with Crippen LogP contribution in [0.4, 0.5) is 13.2 Å². The molecule has 2 aliphatic rings. The summed E-state index contributed by atoms with van der Waals surface area (Å²) in [5, 5.41) is 8.80. The molecular formula is C16H22F3NO4. The van der Waals surface area contributed by atoms with Crippen LogP contribution in [0.15, 0.2) is 11.6 Å². The van der Waals surface area contributed by atoms with Gasteiger partial charge in [0.15, 0.2) is 0 Å². The number of fused-ring (bicyclic) bond motifs is 1. The number of hydrogen-bond donors (Lipinski definition) is 1. The number of rotatable bonds is 4. The first-order valence-electron chi connectivity index (χ1n) is 7.93. The van der Waals surface area contributed by atoms with E-state index < -0.39 is 48.5 Å². The Kier molecular flexibility index (Phi) is 5.57. The summed E-state index contributed by atoms with van der Waals surface area (Å²) in [4.78, 5) is 24.3. The normalized spacial score (nSPS) is 30.3. The lowest BCUT2D eigenvalue weighted by atomic mass is 9.63. The van der Waals surface area contributed by atoms with Gasteiger partial charge in [-0.3, -0.25) is 9.59 Å². The molecule has 24 heavy (non-hydrogen) atoms. The molecule has 1 saturated carbocycles. The quantitative estimate of drug-likeness (QED) is 0.847. The van der Waals surface area contributed by atoms with Crippen LogP contribution in [0.2, 0.25) is 0 Å². The predicted molar refractivity (Wildman–Crippen MR) is 79.1 cm³/mol. The van der Waals surface area contributed by atoms with E-state index in [1.165, 1.54) is 14.2 Å². The molecule has 4 unspecified atom stereocenters. The second kappa shape index (κ2) is 7.13. The van der Waals surface area contributed by atoms with Crippen molar-refractivity contribution in [3.8, 4) is 0 Å². The van der Waals surface area contributed by atoms with Gasteiger partial charge in [-0.2, -0.15) is 13.2 Å². The van der Waals surface area contributed by atoms with E-state index in [9.17, 15) is 22.8 Å². The summed E-state index contributed by atoms with van der Waals surface area (Å²) in [6, 6.07) is 0. The van der Waals surface area contributed by atoms with Crippen LogP contribution in [0.3, 0.4) is 0 Å². The molecule has 2 rings (SSSR count). The van der Waals surface area contributed by atoms with Crippen molar-refractivity contribution < 1.29 is 32.6 Å². The van der Waals surface area contributed by atoms with Crippen molar-refractivity contribution >= 4 is 11.9 Å². The number of likely N-dealkylation sites (N-methyl/N-ethyl adjacent to an activating group) is 1. The van der Waals surface area contributed by atoms with Crippen LogP contribution in [-0.4, -0.2) is 54.9 Å². The van der Waals surface area contributed by atoms with E-state index in [2.05, 4.69) is 0 Å². The fourth-order valence-electron chi connectivity index (χ4n) is 4.07. The number of hydrogen-bond acceptors (Lipinski definition) is 3. The molecular weight excluding hydrogens is 327 g/mol. The first kappa shape index (κ1) is 18.8. The van der Waals surface area contributed by atoms with Crippen LogP contribution >= 0.6 is 0 Å². The number of carbonyl (C=O) groups is 2. The van der Waals surface area contributed by atoms with Gasteiger partial charge < -0.3 is 14.7 Å². The van der Waals surface area contributed by atoms with Gasteiger partial charge in [0.05, 0.1) is 12.0 Å². The molecule has 4 atom stereocenters. The lowest BCUT2D eigenvalue weighted by Gasteiger charge is -2.45. The van der Waals surface area contributed by atoms with Crippen LogP contribution in [0, 0.1) is 17.8 Å². The Hall–Kier alpha value is -1.57. The molecule has 0 saturated heterocycles. The highest BCUT2D eigenvalue weighted by atomic mass is 19.4. The number of nitrogens with zero attached hydrogens (tertiary/aromatic N) is 1. The second-order valence-electron chi connectivity index (χ2n) is 6.48. The van der Waals surface area contributed by atoms with Crippen LogP contribution in [0.25, 0.3) is 0 Å². The topological polar surface area (TPSA) is 66.8 Å². The number of carboxylic acid groups (broad SMARTS) is 1. The molecule has 0 bridgehead atoms. The Balaban J connectivity index is 2.25. The van der Waals surface area contributed by atoms with Gasteiger partial charge in [-0.15, -0.1) is 0 Å². The Bertz CT molecular complexity index is 532. The van der Waals surface area contributed by atoms with E-state index in [0.717, 1.165) is 4.90 Å². The highest BCUT2D eigenvalue weighted by molar-refractivity contribution is 5.95.